The molecule has 6 nitrogen and oxygen atoms in total. The van der Waals surface area contributed by atoms with Gasteiger partial charge in [0.05, 0.1) is 12.6 Å². The van der Waals surface area contributed by atoms with Crippen molar-refractivity contribution >= 4 is 23.8 Å². The lowest BCUT2D eigenvalue weighted by atomic mass is 9.97. The molecule has 3 aromatic rings. The Morgan fingerprint density at radius 3 is 2.72 bits per heavy atom. The Hall–Kier alpha value is -2.77. The van der Waals surface area contributed by atoms with Crippen LogP contribution in [0.1, 0.15) is 18.4 Å². The predicted octanol–water partition coefficient (Wildman–Crippen LogP) is 4.22. The van der Waals surface area contributed by atoms with Crippen molar-refractivity contribution in [2.24, 2.45) is 5.92 Å². The molecule has 29 heavy (non-hydrogen) atoms. The smallest absolute Gasteiger partial charge is 0.228 e. The molecule has 4 rings (SSSR count). The van der Waals surface area contributed by atoms with Crippen molar-refractivity contribution in [2.75, 3.05) is 18.4 Å². The summed E-state index contributed by atoms with van der Waals surface area (Å²) in [5.41, 5.74) is 3.06. The number of amides is 1. The van der Waals surface area contributed by atoms with E-state index in [1.54, 1.807) is 0 Å². The van der Waals surface area contributed by atoms with Gasteiger partial charge in [0, 0.05) is 17.8 Å². The number of rotatable bonds is 5. The lowest BCUT2D eigenvalue weighted by molar-refractivity contribution is -0.121. The number of hydrogen-bond acceptors (Lipinski definition) is 4. The van der Waals surface area contributed by atoms with Gasteiger partial charge < -0.3 is 5.32 Å². The van der Waals surface area contributed by atoms with Crippen LogP contribution in [0.4, 0.5) is 5.69 Å². The van der Waals surface area contributed by atoms with Crippen molar-refractivity contribution in [3.05, 3.63) is 64.9 Å². The summed E-state index contributed by atoms with van der Waals surface area (Å²) in [4.78, 5) is 19.4. The molecule has 1 saturated heterocycles. The Balaban J connectivity index is 1.41. The molecule has 7 heteroatoms. The van der Waals surface area contributed by atoms with Crippen molar-refractivity contribution in [3.8, 4) is 11.4 Å². The van der Waals surface area contributed by atoms with Crippen molar-refractivity contribution < 1.29 is 4.79 Å². The summed E-state index contributed by atoms with van der Waals surface area (Å²) in [6, 6.07) is 17.8. The van der Waals surface area contributed by atoms with E-state index in [2.05, 4.69) is 39.4 Å². The van der Waals surface area contributed by atoms with Crippen LogP contribution in [0, 0.1) is 17.6 Å². The second-order valence-electron chi connectivity index (χ2n) is 7.56. The first kappa shape index (κ1) is 19.5. The molecule has 1 aliphatic heterocycles. The zero-order valence-corrected chi connectivity index (χ0v) is 17.3. The molecule has 0 aliphatic carbocycles. The first-order chi connectivity index (χ1) is 14.1. The molecule has 150 valence electrons. The Kier molecular flexibility index (Phi) is 5.87. The molecule has 1 atom stereocenters. The van der Waals surface area contributed by atoms with Crippen LogP contribution in [0.25, 0.3) is 11.4 Å². The number of aryl methyl sites for hydroxylation is 1. The summed E-state index contributed by atoms with van der Waals surface area (Å²) in [5.74, 6) is 0.817. The molecule has 2 heterocycles. The number of likely N-dealkylation sites (tertiary alicyclic amines) is 1. The summed E-state index contributed by atoms with van der Waals surface area (Å²) in [6.07, 6.45) is 1.89. The normalized spacial score (nSPS) is 17.2. The van der Waals surface area contributed by atoms with Crippen molar-refractivity contribution in [3.63, 3.8) is 0 Å². The van der Waals surface area contributed by atoms with Crippen molar-refractivity contribution in [1.29, 1.82) is 0 Å². The largest absolute Gasteiger partial charge is 0.326 e. The number of H-pyrrole nitrogens is 1. The summed E-state index contributed by atoms with van der Waals surface area (Å²) in [5, 5.41) is 6.33. The monoisotopic (exact) mass is 407 g/mol. The lowest BCUT2D eigenvalue weighted by Crippen LogP contribution is -2.41. The Bertz CT molecular complexity index is 1030. The van der Waals surface area contributed by atoms with Gasteiger partial charge in [-0.2, -0.15) is 4.98 Å². The molecule has 1 unspecified atom stereocenters. The number of aromatic nitrogens is 3. The van der Waals surface area contributed by atoms with Gasteiger partial charge in [0.25, 0.3) is 0 Å². The average Bonchev–Trinajstić information content (AvgIpc) is 3.10. The fraction of sp³-hybridized carbons (Fsp3) is 0.318. The Morgan fingerprint density at radius 2 is 1.97 bits per heavy atom. The van der Waals surface area contributed by atoms with E-state index in [9.17, 15) is 4.79 Å². The molecule has 0 radical (unpaired) electrons. The number of benzene rings is 2. The minimum absolute atomic E-state index is 0.0300. The van der Waals surface area contributed by atoms with Crippen LogP contribution in [0.15, 0.2) is 54.6 Å². The maximum absolute atomic E-state index is 12.7. The predicted molar refractivity (Wildman–Crippen MR) is 117 cm³/mol. The van der Waals surface area contributed by atoms with Gasteiger partial charge in [-0.1, -0.05) is 48.0 Å². The molecule has 0 saturated carbocycles. The number of carbonyl (C=O) groups is 1. The number of hydrogen-bond donors (Lipinski definition) is 2. The molecule has 0 spiro atoms. The van der Waals surface area contributed by atoms with Gasteiger partial charge in [-0.15, -0.1) is 0 Å². The minimum Gasteiger partial charge on any atom is -0.326 e. The van der Waals surface area contributed by atoms with Crippen LogP contribution in [-0.2, 0) is 11.5 Å². The van der Waals surface area contributed by atoms with E-state index in [0.717, 1.165) is 36.5 Å². The summed E-state index contributed by atoms with van der Waals surface area (Å²) >= 11 is 5.45. The fourth-order valence-corrected chi connectivity index (χ4v) is 3.85. The Morgan fingerprint density at radius 1 is 1.21 bits per heavy atom. The number of para-hydroxylation sites is 1. The van der Waals surface area contributed by atoms with Crippen molar-refractivity contribution in [2.45, 2.75) is 26.4 Å². The highest BCUT2D eigenvalue weighted by atomic mass is 32.1. The van der Waals surface area contributed by atoms with Crippen LogP contribution in [0.2, 0.25) is 0 Å². The summed E-state index contributed by atoms with van der Waals surface area (Å²) < 4.78 is 2.40. The maximum Gasteiger partial charge on any atom is 0.228 e. The van der Waals surface area contributed by atoms with E-state index >= 15 is 0 Å². The third kappa shape index (κ3) is 4.81. The van der Waals surface area contributed by atoms with E-state index in [0.29, 0.717) is 18.0 Å². The second-order valence-corrected chi connectivity index (χ2v) is 7.93. The second kappa shape index (κ2) is 8.71. The third-order valence-electron chi connectivity index (χ3n) is 5.26. The van der Waals surface area contributed by atoms with Crippen molar-refractivity contribution in [1.82, 2.24) is 19.7 Å². The lowest BCUT2D eigenvalue weighted by Gasteiger charge is -2.31. The number of nitrogens with zero attached hydrogens (tertiary/aromatic N) is 3. The first-order valence-corrected chi connectivity index (χ1v) is 10.3. The zero-order valence-electron chi connectivity index (χ0n) is 16.5. The van der Waals surface area contributed by atoms with Crippen LogP contribution in [0.5, 0.6) is 0 Å². The van der Waals surface area contributed by atoms with Gasteiger partial charge >= 0.3 is 0 Å². The SMILES string of the molecule is Cc1ccc(-c2nc(=S)n(CN3CCCC(C(=O)Nc4ccccc4)C3)[nH]2)cc1. The van der Waals surface area contributed by atoms with Crippen LogP contribution in [0.3, 0.4) is 0 Å². The minimum atomic E-state index is -0.0300. The van der Waals surface area contributed by atoms with Gasteiger partial charge in [-0.05, 0) is 50.7 Å². The Labute approximate surface area is 175 Å². The number of piperidine rings is 1. The topological polar surface area (TPSA) is 66.0 Å². The highest BCUT2D eigenvalue weighted by Crippen LogP contribution is 2.20. The molecule has 1 aliphatic rings. The molecule has 2 aromatic carbocycles. The molecular formula is C22H25N5OS. The molecular weight excluding hydrogens is 382 g/mol. The van der Waals surface area contributed by atoms with Crippen LogP contribution >= 0.6 is 12.2 Å². The van der Waals surface area contributed by atoms with Crippen LogP contribution < -0.4 is 5.32 Å². The van der Waals surface area contributed by atoms with E-state index in [4.69, 9.17) is 12.2 Å². The number of aromatic amines is 1. The standard InChI is InChI=1S/C22H25N5OS/c1-16-9-11-17(12-10-16)20-24-22(29)27(25-20)15-26-13-5-6-18(14-26)21(28)23-19-7-3-2-4-8-19/h2-4,7-12,18H,5-6,13-15H2,1H3,(H,23,28)(H,24,25,29). The van der Waals surface area contributed by atoms with E-state index < -0.39 is 0 Å². The number of anilines is 1. The van der Waals surface area contributed by atoms with Gasteiger partial charge in [0.15, 0.2) is 5.82 Å². The molecule has 2 N–H and O–H groups in total. The average molecular weight is 408 g/mol. The number of carbonyl (C=O) groups excluding carboxylic acids is 1. The highest BCUT2D eigenvalue weighted by molar-refractivity contribution is 7.71. The van der Waals surface area contributed by atoms with E-state index in [1.165, 1.54) is 5.56 Å². The van der Waals surface area contributed by atoms with Gasteiger partial charge in [-0.25, -0.2) is 4.68 Å². The first-order valence-electron chi connectivity index (χ1n) is 9.90. The van der Waals surface area contributed by atoms with E-state index in [-0.39, 0.29) is 11.8 Å². The van der Waals surface area contributed by atoms with Gasteiger partial charge in [-0.3, -0.25) is 14.8 Å². The number of nitrogens with one attached hydrogen (secondary N) is 2. The molecule has 1 aromatic heterocycles. The molecule has 0 bridgehead atoms. The quantitative estimate of drug-likeness (QED) is 0.622. The summed E-state index contributed by atoms with van der Waals surface area (Å²) in [6.45, 7) is 4.31. The molecule has 1 fully saturated rings. The maximum atomic E-state index is 12.7. The highest BCUT2D eigenvalue weighted by Gasteiger charge is 2.26. The van der Waals surface area contributed by atoms with Gasteiger partial charge in [0.2, 0.25) is 10.7 Å². The third-order valence-corrected chi connectivity index (χ3v) is 5.57. The summed E-state index contributed by atoms with van der Waals surface area (Å²) in [7, 11) is 0. The zero-order chi connectivity index (χ0) is 20.2. The van der Waals surface area contributed by atoms with Crippen LogP contribution in [-0.4, -0.2) is 38.7 Å². The van der Waals surface area contributed by atoms with E-state index in [1.807, 2.05) is 47.1 Å². The molecule has 1 amide bonds. The fourth-order valence-electron chi connectivity index (χ4n) is 3.66. The van der Waals surface area contributed by atoms with Gasteiger partial charge in [0.1, 0.15) is 0 Å².